The van der Waals surface area contributed by atoms with E-state index in [1.807, 2.05) is 12.1 Å². The van der Waals surface area contributed by atoms with Gasteiger partial charge in [0.1, 0.15) is 0 Å². The van der Waals surface area contributed by atoms with Crippen LogP contribution < -0.4 is 5.32 Å². The van der Waals surface area contributed by atoms with Gasteiger partial charge in [-0.25, -0.2) is 0 Å². The number of rotatable bonds is 5. The first-order valence-electron chi connectivity index (χ1n) is 6.48. The Balaban J connectivity index is 1.77. The molecule has 18 heavy (non-hydrogen) atoms. The third kappa shape index (κ3) is 3.46. The fourth-order valence-corrected chi connectivity index (χ4v) is 2.86. The summed E-state index contributed by atoms with van der Waals surface area (Å²) in [6.07, 6.45) is 1.51. The number of hydrogen-bond acceptors (Lipinski definition) is 3. The van der Waals surface area contributed by atoms with Crippen molar-refractivity contribution in [1.82, 2.24) is 4.90 Å². The zero-order valence-electron chi connectivity index (χ0n) is 11.0. The van der Waals surface area contributed by atoms with Crippen molar-refractivity contribution in [2.75, 3.05) is 32.1 Å². The summed E-state index contributed by atoms with van der Waals surface area (Å²) in [6.45, 7) is 5.03. The van der Waals surface area contributed by atoms with E-state index >= 15 is 0 Å². The Labute approximate surface area is 118 Å². The van der Waals surface area contributed by atoms with Crippen molar-refractivity contribution in [3.05, 3.63) is 28.7 Å². The Hall–Kier alpha value is -0.580. The van der Waals surface area contributed by atoms with Gasteiger partial charge in [0.05, 0.1) is 6.10 Å². The molecule has 100 valence electrons. The minimum Gasteiger partial charge on any atom is -0.383 e. The molecule has 2 rings (SSSR count). The first-order chi connectivity index (χ1) is 8.68. The second-order valence-electron chi connectivity index (χ2n) is 4.82. The highest BCUT2D eigenvalue weighted by Gasteiger charge is 2.27. The van der Waals surface area contributed by atoms with Crippen molar-refractivity contribution < 1.29 is 4.74 Å². The van der Waals surface area contributed by atoms with E-state index in [9.17, 15) is 0 Å². The quantitative estimate of drug-likeness (QED) is 0.904. The van der Waals surface area contributed by atoms with Gasteiger partial charge in [-0.2, -0.15) is 0 Å². The third-order valence-electron chi connectivity index (χ3n) is 3.56. The number of nitrogens with zero attached hydrogens (tertiary/aromatic N) is 1. The fraction of sp³-hybridized carbons (Fsp3) is 0.571. The molecule has 4 heteroatoms. The minimum atomic E-state index is 0.360. The Morgan fingerprint density at radius 3 is 2.89 bits per heavy atom. The lowest BCUT2D eigenvalue weighted by molar-refractivity contribution is 0.0850. The van der Waals surface area contributed by atoms with Crippen molar-refractivity contribution >= 4 is 21.6 Å². The van der Waals surface area contributed by atoms with Crippen molar-refractivity contribution in [2.45, 2.75) is 25.5 Å². The highest BCUT2D eigenvalue weighted by atomic mass is 79.9. The summed E-state index contributed by atoms with van der Waals surface area (Å²) in [5.74, 6) is 0. The van der Waals surface area contributed by atoms with Crippen LogP contribution in [0, 0.1) is 0 Å². The summed E-state index contributed by atoms with van der Waals surface area (Å²) in [5.41, 5.74) is 1.15. The first-order valence-corrected chi connectivity index (χ1v) is 7.28. The molecule has 3 nitrogen and oxygen atoms in total. The predicted octanol–water partition coefficient (Wildman–Crippen LogP) is 2.97. The Morgan fingerprint density at radius 1 is 1.44 bits per heavy atom. The van der Waals surface area contributed by atoms with Crippen LogP contribution in [-0.4, -0.2) is 43.8 Å². The van der Waals surface area contributed by atoms with Crippen LogP contribution in [0.3, 0.4) is 0 Å². The highest BCUT2D eigenvalue weighted by Crippen LogP contribution is 2.21. The zero-order chi connectivity index (χ0) is 13.0. The van der Waals surface area contributed by atoms with E-state index in [1.54, 1.807) is 0 Å². The van der Waals surface area contributed by atoms with Crippen LogP contribution in [0.2, 0.25) is 0 Å². The van der Waals surface area contributed by atoms with E-state index in [0.717, 1.165) is 36.3 Å². The van der Waals surface area contributed by atoms with Gasteiger partial charge >= 0.3 is 0 Å². The van der Waals surface area contributed by atoms with Crippen LogP contribution in [0.25, 0.3) is 0 Å². The molecular formula is C14H21BrN2O. The molecular weight excluding hydrogens is 292 g/mol. The maximum atomic E-state index is 5.60. The Kier molecular flexibility index (Phi) is 5.03. The summed E-state index contributed by atoms with van der Waals surface area (Å²) >= 11 is 3.54. The van der Waals surface area contributed by atoms with Gasteiger partial charge in [-0.05, 0) is 48.5 Å². The van der Waals surface area contributed by atoms with Gasteiger partial charge in [-0.3, -0.25) is 4.90 Å². The first kappa shape index (κ1) is 13.8. The number of para-hydroxylation sites is 1. The molecule has 0 radical (unpaired) electrons. The molecule has 0 saturated carbocycles. The fourth-order valence-electron chi connectivity index (χ4n) is 2.44. The van der Waals surface area contributed by atoms with Gasteiger partial charge < -0.3 is 10.1 Å². The van der Waals surface area contributed by atoms with Crippen LogP contribution >= 0.6 is 15.9 Å². The number of nitrogens with one attached hydrogen (secondary N) is 1. The van der Waals surface area contributed by atoms with Gasteiger partial charge in [-0.1, -0.05) is 12.1 Å². The van der Waals surface area contributed by atoms with Crippen molar-refractivity contribution in [3.63, 3.8) is 0 Å². The van der Waals surface area contributed by atoms with Gasteiger partial charge in [0.15, 0.2) is 0 Å². The minimum absolute atomic E-state index is 0.360. The lowest BCUT2D eigenvalue weighted by Crippen LogP contribution is -2.39. The van der Waals surface area contributed by atoms with E-state index in [2.05, 4.69) is 52.3 Å². The normalized spacial score (nSPS) is 23.6. The van der Waals surface area contributed by atoms with Gasteiger partial charge in [0.25, 0.3) is 0 Å². The average molecular weight is 313 g/mol. The largest absolute Gasteiger partial charge is 0.383 e. The summed E-state index contributed by atoms with van der Waals surface area (Å²) in [6, 6.07) is 8.78. The Morgan fingerprint density at radius 2 is 2.22 bits per heavy atom. The number of benzene rings is 1. The lowest BCUT2D eigenvalue weighted by Gasteiger charge is -2.26. The molecule has 1 heterocycles. The van der Waals surface area contributed by atoms with Gasteiger partial charge in [0, 0.05) is 35.9 Å². The number of halogens is 1. The van der Waals surface area contributed by atoms with Crippen molar-refractivity contribution in [1.29, 1.82) is 0 Å². The summed E-state index contributed by atoms with van der Waals surface area (Å²) in [5, 5.41) is 3.45. The van der Waals surface area contributed by atoms with E-state index < -0.39 is 0 Å². The van der Waals surface area contributed by atoms with Crippen LogP contribution in [0.1, 0.15) is 13.3 Å². The SMILES string of the molecule is CC1OCCC1N(C)CCNc1ccccc1Br. The number of likely N-dealkylation sites (N-methyl/N-ethyl adjacent to an activating group) is 1. The summed E-state index contributed by atoms with van der Waals surface area (Å²) < 4.78 is 6.72. The maximum absolute atomic E-state index is 5.60. The van der Waals surface area contributed by atoms with Crippen LogP contribution in [0.5, 0.6) is 0 Å². The molecule has 1 aliphatic heterocycles. The molecule has 2 unspecified atom stereocenters. The van der Waals surface area contributed by atoms with E-state index in [1.165, 1.54) is 0 Å². The zero-order valence-corrected chi connectivity index (χ0v) is 12.6. The standard InChI is InChI=1S/C14H21BrN2O/c1-11-14(7-10-18-11)17(2)9-8-16-13-6-4-3-5-12(13)15/h3-6,11,14,16H,7-10H2,1-2H3. The summed E-state index contributed by atoms with van der Waals surface area (Å²) in [4.78, 5) is 2.39. The second kappa shape index (κ2) is 6.55. The van der Waals surface area contributed by atoms with Crippen molar-refractivity contribution in [3.8, 4) is 0 Å². The van der Waals surface area contributed by atoms with E-state index in [-0.39, 0.29) is 0 Å². The summed E-state index contributed by atoms with van der Waals surface area (Å²) in [7, 11) is 2.18. The third-order valence-corrected chi connectivity index (χ3v) is 4.25. The number of hydrogen-bond donors (Lipinski definition) is 1. The maximum Gasteiger partial charge on any atom is 0.0702 e. The molecule has 1 fully saturated rings. The molecule has 1 aromatic rings. The van der Waals surface area contributed by atoms with E-state index in [0.29, 0.717) is 12.1 Å². The van der Waals surface area contributed by atoms with Crippen molar-refractivity contribution in [2.24, 2.45) is 0 Å². The molecule has 1 N–H and O–H groups in total. The van der Waals surface area contributed by atoms with E-state index in [4.69, 9.17) is 4.74 Å². The number of ether oxygens (including phenoxy) is 1. The molecule has 1 aromatic carbocycles. The topological polar surface area (TPSA) is 24.5 Å². The molecule has 0 spiro atoms. The molecule has 0 aliphatic carbocycles. The predicted molar refractivity (Wildman–Crippen MR) is 79.1 cm³/mol. The molecule has 1 aliphatic rings. The molecule has 2 atom stereocenters. The van der Waals surface area contributed by atoms with Crippen LogP contribution in [0.4, 0.5) is 5.69 Å². The monoisotopic (exact) mass is 312 g/mol. The molecule has 0 aromatic heterocycles. The van der Waals surface area contributed by atoms with Gasteiger partial charge in [-0.15, -0.1) is 0 Å². The van der Waals surface area contributed by atoms with Crippen LogP contribution in [0.15, 0.2) is 28.7 Å². The second-order valence-corrected chi connectivity index (χ2v) is 5.67. The number of anilines is 1. The molecule has 0 bridgehead atoms. The average Bonchev–Trinajstić information content (AvgIpc) is 2.78. The highest BCUT2D eigenvalue weighted by molar-refractivity contribution is 9.10. The van der Waals surface area contributed by atoms with Crippen LogP contribution in [-0.2, 0) is 4.74 Å². The molecule has 0 amide bonds. The molecule has 1 saturated heterocycles. The smallest absolute Gasteiger partial charge is 0.0702 e. The van der Waals surface area contributed by atoms with Gasteiger partial charge in [0.2, 0.25) is 0 Å². The lowest BCUT2D eigenvalue weighted by atomic mass is 10.1. The Bertz CT molecular complexity index is 386.